The predicted octanol–water partition coefficient (Wildman–Crippen LogP) is 3.72. The third-order valence-corrected chi connectivity index (χ3v) is 5.09. The van der Waals surface area contributed by atoms with Crippen LogP contribution in [-0.2, 0) is 13.1 Å². The Morgan fingerprint density at radius 2 is 1.93 bits per heavy atom. The maximum Gasteiger partial charge on any atom is 0.261 e. The van der Waals surface area contributed by atoms with Crippen LogP contribution in [0.4, 0.5) is 8.78 Å². The molecule has 1 aliphatic heterocycles. The Morgan fingerprint density at radius 1 is 1.10 bits per heavy atom. The fraction of sp³-hybridized carbons (Fsp3) is 0.0909. The monoisotopic (exact) mass is 388 g/mol. The topological polar surface area (TPSA) is 60.1 Å². The van der Waals surface area contributed by atoms with Crippen molar-refractivity contribution in [2.24, 2.45) is 4.99 Å². The molecule has 0 fully saturated rings. The van der Waals surface area contributed by atoms with Gasteiger partial charge in [-0.3, -0.25) is 19.3 Å². The molecule has 0 radical (unpaired) electrons. The average molecular weight is 388 g/mol. The number of halogens is 2. The molecule has 5 rings (SSSR count). The lowest BCUT2D eigenvalue weighted by Gasteiger charge is -2.12. The Bertz CT molecular complexity index is 1340. The van der Waals surface area contributed by atoms with Gasteiger partial charge in [0.25, 0.3) is 5.56 Å². The zero-order chi connectivity index (χ0) is 20.0. The number of hydrogen-bond acceptors (Lipinski definition) is 4. The van der Waals surface area contributed by atoms with E-state index in [1.165, 1.54) is 41.5 Å². The van der Waals surface area contributed by atoms with Crippen LogP contribution in [0, 0.1) is 11.6 Å². The van der Waals surface area contributed by atoms with E-state index in [4.69, 9.17) is 0 Å². The van der Waals surface area contributed by atoms with Gasteiger partial charge in [0, 0.05) is 23.5 Å². The summed E-state index contributed by atoms with van der Waals surface area (Å²) in [5.74, 6) is -1.43. The van der Waals surface area contributed by atoms with Gasteiger partial charge < -0.3 is 0 Å². The molecule has 5 nitrogen and oxygen atoms in total. The highest BCUT2D eigenvalue weighted by Crippen LogP contribution is 2.30. The van der Waals surface area contributed by atoms with Gasteiger partial charge in [-0.05, 0) is 34.9 Å². The third-order valence-electron chi connectivity index (χ3n) is 5.09. The van der Waals surface area contributed by atoms with Crippen molar-refractivity contribution in [1.29, 1.82) is 0 Å². The summed E-state index contributed by atoms with van der Waals surface area (Å²) in [6, 6.07) is 9.74. The molecule has 0 saturated heterocycles. The number of aromatic nitrogens is 3. The number of benzene rings is 2. The molecule has 2 aromatic carbocycles. The Morgan fingerprint density at radius 3 is 2.76 bits per heavy atom. The van der Waals surface area contributed by atoms with Crippen molar-refractivity contribution in [3.63, 3.8) is 0 Å². The molecular formula is C22H14F2N4O. The van der Waals surface area contributed by atoms with E-state index in [1.807, 2.05) is 18.2 Å². The second-order valence-corrected chi connectivity index (χ2v) is 6.84. The minimum absolute atomic E-state index is 0.188. The van der Waals surface area contributed by atoms with Gasteiger partial charge in [-0.1, -0.05) is 18.2 Å². The second-order valence-electron chi connectivity index (χ2n) is 6.84. The van der Waals surface area contributed by atoms with E-state index >= 15 is 0 Å². The van der Waals surface area contributed by atoms with Crippen LogP contribution < -0.4 is 5.56 Å². The lowest BCUT2D eigenvalue weighted by molar-refractivity contribution is 0.541. The molecular weight excluding hydrogens is 374 g/mol. The van der Waals surface area contributed by atoms with E-state index in [0.717, 1.165) is 16.7 Å². The van der Waals surface area contributed by atoms with Gasteiger partial charge in [0.15, 0.2) is 0 Å². The van der Waals surface area contributed by atoms with E-state index in [-0.39, 0.29) is 17.7 Å². The summed E-state index contributed by atoms with van der Waals surface area (Å²) in [4.78, 5) is 24.9. The van der Waals surface area contributed by atoms with Crippen LogP contribution in [0.1, 0.15) is 16.7 Å². The molecule has 0 atom stereocenters. The van der Waals surface area contributed by atoms with E-state index in [9.17, 15) is 13.6 Å². The molecule has 0 unspecified atom stereocenters. The van der Waals surface area contributed by atoms with E-state index in [1.54, 1.807) is 6.21 Å². The van der Waals surface area contributed by atoms with Gasteiger partial charge in [0.2, 0.25) is 0 Å². The van der Waals surface area contributed by atoms with Gasteiger partial charge in [-0.15, -0.1) is 0 Å². The standard InChI is InChI=1S/C22H14F2N4O/c23-19-6-14(15-3-1-2-13-8-26-9-17(13)15)7-20(24)18(19)11-28-12-27-21-10-25-5-4-16(21)22(28)29/h1-7,9-10,12H,8,11H2. The molecule has 142 valence electrons. The maximum atomic E-state index is 14.9. The first-order valence-corrected chi connectivity index (χ1v) is 9.01. The molecule has 0 aliphatic carbocycles. The normalized spacial score (nSPS) is 12.5. The molecule has 7 heteroatoms. The van der Waals surface area contributed by atoms with Crippen molar-refractivity contribution >= 4 is 17.1 Å². The number of nitrogens with zero attached hydrogens (tertiary/aromatic N) is 4. The molecule has 3 heterocycles. The van der Waals surface area contributed by atoms with Crippen LogP contribution in [0.15, 0.2) is 64.9 Å². The molecule has 0 saturated carbocycles. The van der Waals surface area contributed by atoms with Crippen molar-refractivity contribution in [3.8, 4) is 11.1 Å². The van der Waals surface area contributed by atoms with E-state index in [0.29, 0.717) is 23.0 Å². The Balaban J connectivity index is 1.57. The fourth-order valence-corrected chi connectivity index (χ4v) is 3.59. The smallest absolute Gasteiger partial charge is 0.261 e. The van der Waals surface area contributed by atoms with Gasteiger partial charge >= 0.3 is 0 Å². The van der Waals surface area contributed by atoms with Crippen molar-refractivity contribution in [3.05, 3.63) is 93.8 Å². The van der Waals surface area contributed by atoms with Crippen LogP contribution in [0.5, 0.6) is 0 Å². The quantitative estimate of drug-likeness (QED) is 0.538. The first kappa shape index (κ1) is 17.4. The van der Waals surface area contributed by atoms with Crippen LogP contribution in [0.25, 0.3) is 22.0 Å². The molecule has 0 amide bonds. The van der Waals surface area contributed by atoms with Crippen LogP contribution in [0.3, 0.4) is 0 Å². The highest BCUT2D eigenvalue weighted by Gasteiger charge is 2.17. The van der Waals surface area contributed by atoms with E-state index in [2.05, 4.69) is 15.0 Å². The predicted molar refractivity (Wildman–Crippen MR) is 106 cm³/mol. The largest absolute Gasteiger partial charge is 0.294 e. The highest BCUT2D eigenvalue weighted by atomic mass is 19.1. The maximum absolute atomic E-state index is 14.9. The average Bonchev–Trinajstić information content (AvgIpc) is 3.21. The van der Waals surface area contributed by atoms with Crippen molar-refractivity contribution < 1.29 is 8.78 Å². The molecule has 0 N–H and O–H groups in total. The van der Waals surface area contributed by atoms with Crippen LogP contribution in [0.2, 0.25) is 0 Å². The van der Waals surface area contributed by atoms with Gasteiger partial charge in [-0.2, -0.15) is 0 Å². The number of aliphatic imine (C=N–C) groups is 1. The number of fused-ring (bicyclic) bond motifs is 2. The second kappa shape index (κ2) is 6.70. The number of rotatable bonds is 3. The minimum Gasteiger partial charge on any atom is -0.294 e. The molecule has 0 bridgehead atoms. The first-order valence-electron chi connectivity index (χ1n) is 9.01. The first-order chi connectivity index (χ1) is 14.1. The lowest BCUT2D eigenvalue weighted by atomic mass is 9.96. The molecule has 2 aromatic heterocycles. The van der Waals surface area contributed by atoms with Gasteiger partial charge in [0.1, 0.15) is 11.6 Å². The highest BCUT2D eigenvalue weighted by molar-refractivity contribution is 5.94. The summed E-state index contributed by atoms with van der Waals surface area (Å²) >= 11 is 0. The summed E-state index contributed by atoms with van der Waals surface area (Å²) in [5.41, 5.74) is 2.93. The molecule has 29 heavy (non-hydrogen) atoms. The molecule has 0 spiro atoms. The van der Waals surface area contributed by atoms with Gasteiger partial charge in [0.05, 0.1) is 36.5 Å². The summed E-state index contributed by atoms with van der Waals surface area (Å²) in [6.45, 7) is 0.315. The fourth-order valence-electron chi connectivity index (χ4n) is 3.59. The van der Waals surface area contributed by atoms with Crippen molar-refractivity contribution in [1.82, 2.24) is 14.5 Å². The zero-order valence-electron chi connectivity index (χ0n) is 15.1. The molecule has 1 aliphatic rings. The third kappa shape index (κ3) is 2.91. The van der Waals surface area contributed by atoms with Crippen molar-refractivity contribution in [2.45, 2.75) is 13.1 Å². The van der Waals surface area contributed by atoms with Gasteiger partial charge in [-0.25, -0.2) is 13.8 Å². The lowest BCUT2D eigenvalue weighted by Crippen LogP contribution is -2.22. The Labute approximate surface area is 164 Å². The summed E-state index contributed by atoms with van der Waals surface area (Å²) < 4.78 is 30.9. The summed E-state index contributed by atoms with van der Waals surface area (Å²) in [6.07, 6.45) is 5.95. The Kier molecular flexibility index (Phi) is 4.01. The summed E-state index contributed by atoms with van der Waals surface area (Å²) in [7, 11) is 0. The van der Waals surface area contributed by atoms with Crippen LogP contribution >= 0.6 is 0 Å². The number of pyridine rings is 1. The SMILES string of the molecule is O=c1c2ccncc2ncn1Cc1c(F)cc(-c2cccc3c2C=NC3)cc1F. The van der Waals surface area contributed by atoms with Crippen LogP contribution in [-0.4, -0.2) is 20.7 Å². The summed E-state index contributed by atoms with van der Waals surface area (Å²) in [5, 5.41) is 0.346. The van der Waals surface area contributed by atoms with Crippen molar-refractivity contribution in [2.75, 3.05) is 0 Å². The van der Waals surface area contributed by atoms with E-state index < -0.39 is 11.6 Å². The minimum atomic E-state index is -0.714. The zero-order valence-corrected chi connectivity index (χ0v) is 15.1. The molecule has 4 aromatic rings. The Hall–Kier alpha value is -3.74. The number of hydrogen-bond donors (Lipinski definition) is 0.